The van der Waals surface area contributed by atoms with Crippen LogP contribution in [0.5, 0.6) is 0 Å². The van der Waals surface area contributed by atoms with Crippen LogP contribution in [0.4, 0.5) is 0 Å². The third-order valence-corrected chi connectivity index (χ3v) is 2.71. The molecule has 88 valence electrons. The molecule has 0 aliphatic rings. The number of hydrogen-bond acceptors (Lipinski definition) is 3. The highest BCUT2D eigenvalue weighted by molar-refractivity contribution is 5.97. The van der Waals surface area contributed by atoms with Crippen LogP contribution in [0.2, 0.25) is 0 Å². The average molecular weight is 229 g/mol. The van der Waals surface area contributed by atoms with E-state index in [0.717, 1.165) is 23.2 Å². The van der Waals surface area contributed by atoms with Gasteiger partial charge in [-0.15, -0.1) is 0 Å². The fourth-order valence-corrected chi connectivity index (χ4v) is 1.77. The summed E-state index contributed by atoms with van der Waals surface area (Å²) in [6, 6.07) is 3.62. The highest BCUT2D eigenvalue weighted by Crippen LogP contribution is 2.10. The van der Waals surface area contributed by atoms with E-state index in [9.17, 15) is 4.79 Å². The Balaban J connectivity index is 2.01. The summed E-state index contributed by atoms with van der Waals surface area (Å²) in [4.78, 5) is 16.1. The quantitative estimate of drug-likeness (QED) is 0.753. The van der Waals surface area contributed by atoms with Crippen LogP contribution in [-0.2, 0) is 13.5 Å². The van der Waals surface area contributed by atoms with E-state index in [0.29, 0.717) is 6.42 Å². The summed E-state index contributed by atoms with van der Waals surface area (Å²) >= 11 is 0. The standard InChI is InChI=1S/C13H15N3O/c1-10-12(4-3-7-14-10)13(17)6-5-11-8-15-16(2)9-11/h3-4,7-9H,5-6H2,1-2H3. The molecule has 0 radical (unpaired) electrons. The van der Waals surface area contributed by atoms with Gasteiger partial charge in [-0.25, -0.2) is 0 Å². The lowest BCUT2D eigenvalue weighted by Crippen LogP contribution is -2.04. The molecule has 0 bridgehead atoms. The van der Waals surface area contributed by atoms with Crippen LogP contribution in [0, 0.1) is 6.92 Å². The third-order valence-electron chi connectivity index (χ3n) is 2.71. The predicted molar refractivity (Wildman–Crippen MR) is 64.8 cm³/mol. The van der Waals surface area contributed by atoms with E-state index >= 15 is 0 Å². The molecule has 0 aliphatic carbocycles. The minimum absolute atomic E-state index is 0.138. The SMILES string of the molecule is Cc1ncccc1C(=O)CCc1cnn(C)c1. The molecule has 4 nitrogen and oxygen atoms in total. The average Bonchev–Trinajstić information content (AvgIpc) is 2.73. The Morgan fingerprint density at radius 2 is 2.29 bits per heavy atom. The van der Waals surface area contributed by atoms with Gasteiger partial charge in [-0.1, -0.05) is 0 Å². The number of carbonyl (C=O) groups is 1. The molecule has 0 fully saturated rings. The van der Waals surface area contributed by atoms with Gasteiger partial charge in [0, 0.05) is 37.1 Å². The lowest BCUT2D eigenvalue weighted by Gasteiger charge is -2.02. The van der Waals surface area contributed by atoms with Crippen LogP contribution >= 0.6 is 0 Å². The maximum Gasteiger partial charge on any atom is 0.165 e. The molecule has 2 heterocycles. The minimum atomic E-state index is 0.138. The normalized spacial score (nSPS) is 10.5. The van der Waals surface area contributed by atoms with Crippen LogP contribution in [-0.4, -0.2) is 20.5 Å². The van der Waals surface area contributed by atoms with Gasteiger partial charge in [0.2, 0.25) is 0 Å². The van der Waals surface area contributed by atoms with E-state index in [2.05, 4.69) is 10.1 Å². The van der Waals surface area contributed by atoms with E-state index in [-0.39, 0.29) is 5.78 Å². The Morgan fingerprint density at radius 1 is 1.47 bits per heavy atom. The molecule has 0 atom stereocenters. The molecule has 0 unspecified atom stereocenters. The summed E-state index contributed by atoms with van der Waals surface area (Å²) in [7, 11) is 1.87. The molecule has 2 rings (SSSR count). The maximum atomic E-state index is 12.0. The number of pyridine rings is 1. The number of nitrogens with zero attached hydrogens (tertiary/aromatic N) is 3. The van der Waals surface area contributed by atoms with Gasteiger partial charge in [0.05, 0.1) is 6.20 Å². The predicted octanol–water partition coefficient (Wildman–Crippen LogP) is 1.94. The molecule has 0 amide bonds. The van der Waals surface area contributed by atoms with Crippen molar-refractivity contribution in [2.75, 3.05) is 0 Å². The second-order valence-corrected chi connectivity index (χ2v) is 4.08. The first-order valence-electron chi connectivity index (χ1n) is 5.59. The molecule has 0 saturated heterocycles. The fraction of sp³-hybridized carbons (Fsp3) is 0.308. The molecule has 0 N–H and O–H groups in total. The van der Waals surface area contributed by atoms with Crippen molar-refractivity contribution in [2.24, 2.45) is 7.05 Å². The number of hydrogen-bond donors (Lipinski definition) is 0. The summed E-state index contributed by atoms with van der Waals surface area (Å²) in [5, 5.41) is 4.08. The van der Waals surface area contributed by atoms with Crippen LogP contribution < -0.4 is 0 Å². The van der Waals surface area contributed by atoms with E-state index in [1.165, 1.54) is 0 Å². The first-order valence-corrected chi connectivity index (χ1v) is 5.59. The van der Waals surface area contributed by atoms with Crippen molar-refractivity contribution in [1.29, 1.82) is 0 Å². The summed E-state index contributed by atoms with van der Waals surface area (Å²) in [5.41, 5.74) is 2.60. The number of aryl methyl sites for hydroxylation is 3. The summed E-state index contributed by atoms with van der Waals surface area (Å²) in [5.74, 6) is 0.138. The monoisotopic (exact) mass is 229 g/mol. The van der Waals surface area contributed by atoms with Crippen molar-refractivity contribution in [1.82, 2.24) is 14.8 Å². The molecule has 0 aromatic carbocycles. The van der Waals surface area contributed by atoms with E-state index in [1.807, 2.05) is 26.2 Å². The number of carbonyl (C=O) groups excluding carboxylic acids is 1. The maximum absolute atomic E-state index is 12.0. The number of Topliss-reactive ketones (excluding diaryl/α,β-unsaturated/α-hetero) is 1. The van der Waals surface area contributed by atoms with Gasteiger partial charge < -0.3 is 0 Å². The van der Waals surface area contributed by atoms with Crippen LogP contribution in [0.1, 0.15) is 28.0 Å². The van der Waals surface area contributed by atoms with Crippen LogP contribution in [0.3, 0.4) is 0 Å². The van der Waals surface area contributed by atoms with Crippen LogP contribution in [0.25, 0.3) is 0 Å². The first kappa shape index (κ1) is 11.5. The zero-order chi connectivity index (χ0) is 12.3. The Labute approximate surface area is 100 Å². The number of rotatable bonds is 4. The first-order chi connectivity index (χ1) is 8.16. The largest absolute Gasteiger partial charge is 0.294 e. The van der Waals surface area contributed by atoms with Gasteiger partial charge in [0.25, 0.3) is 0 Å². The third kappa shape index (κ3) is 2.78. The lowest BCUT2D eigenvalue weighted by atomic mass is 10.0. The van der Waals surface area contributed by atoms with Gasteiger partial charge >= 0.3 is 0 Å². The van der Waals surface area contributed by atoms with Gasteiger partial charge in [-0.05, 0) is 31.0 Å². The summed E-state index contributed by atoms with van der Waals surface area (Å²) < 4.78 is 1.75. The molecule has 0 aliphatic heterocycles. The van der Waals surface area contributed by atoms with Crippen molar-refractivity contribution in [3.8, 4) is 0 Å². The Kier molecular flexibility index (Phi) is 3.32. The minimum Gasteiger partial charge on any atom is -0.294 e. The second-order valence-electron chi connectivity index (χ2n) is 4.08. The van der Waals surface area contributed by atoms with Crippen molar-refractivity contribution in [2.45, 2.75) is 19.8 Å². The smallest absolute Gasteiger partial charge is 0.165 e. The topological polar surface area (TPSA) is 47.8 Å². The van der Waals surface area contributed by atoms with E-state index in [1.54, 1.807) is 23.1 Å². The number of aromatic nitrogens is 3. The molecule has 0 spiro atoms. The van der Waals surface area contributed by atoms with Crippen molar-refractivity contribution in [3.63, 3.8) is 0 Å². The molecule has 17 heavy (non-hydrogen) atoms. The molecule has 2 aromatic rings. The molecule has 2 aromatic heterocycles. The Morgan fingerprint density at radius 3 is 2.94 bits per heavy atom. The number of ketones is 1. The van der Waals surface area contributed by atoms with Crippen LogP contribution in [0.15, 0.2) is 30.7 Å². The summed E-state index contributed by atoms with van der Waals surface area (Å²) in [6.45, 7) is 1.86. The van der Waals surface area contributed by atoms with Crippen molar-refractivity contribution >= 4 is 5.78 Å². The van der Waals surface area contributed by atoms with Crippen molar-refractivity contribution < 1.29 is 4.79 Å². The van der Waals surface area contributed by atoms with Gasteiger partial charge in [-0.2, -0.15) is 5.10 Å². The van der Waals surface area contributed by atoms with Gasteiger partial charge in [0.1, 0.15) is 0 Å². The van der Waals surface area contributed by atoms with Gasteiger partial charge in [0.15, 0.2) is 5.78 Å². The van der Waals surface area contributed by atoms with Crippen molar-refractivity contribution in [3.05, 3.63) is 47.5 Å². The fourth-order valence-electron chi connectivity index (χ4n) is 1.77. The second kappa shape index (κ2) is 4.91. The summed E-state index contributed by atoms with van der Waals surface area (Å²) in [6.07, 6.45) is 6.65. The highest BCUT2D eigenvalue weighted by atomic mass is 16.1. The Bertz CT molecular complexity index is 531. The highest BCUT2D eigenvalue weighted by Gasteiger charge is 2.09. The molecule has 0 saturated carbocycles. The molecular weight excluding hydrogens is 214 g/mol. The molecular formula is C13H15N3O. The molecule has 4 heteroatoms. The zero-order valence-electron chi connectivity index (χ0n) is 10.1. The van der Waals surface area contributed by atoms with E-state index in [4.69, 9.17) is 0 Å². The lowest BCUT2D eigenvalue weighted by molar-refractivity contribution is 0.0982. The zero-order valence-corrected chi connectivity index (χ0v) is 10.1. The Hall–Kier alpha value is -1.97. The van der Waals surface area contributed by atoms with Gasteiger partial charge in [-0.3, -0.25) is 14.5 Å². The van der Waals surface area contributed by atoms with E-state index < -0.39 is 0 Å².